The lowest BCUT2D eigenvalue weighted by Gasteiger charge is -2.23. The van der Waals surface area contributed by atoms with E-state index in [2.05, 4.69) is 41.5 Å². The summed E-state index contributed by atoms with van der Waals surface area (Å²) in [7, 11) is 0. The molecule has 1 spiro atoms. The number of nitrogens with zero attached hydrogens (tertiary/aromatic N) is 1. The van der Waals surface area contributed by atoms with Gasteiger partial charge in [-0.1, -0.05) is 26.0 Å². The second-order valence-corrected chi connectivity index (χ2v) is 7.02. The number of benzene rings is 1. The van der Waals surface area contributed by atoms with Crippen molar-refractivity contribution in [2.75, 3.05) is 31.5 Å². The zero-order valence-electron chi connectivity index (χ0n) is 15.2. The normalized spacial score (nSPS) is 20.5. The van der Waals surface area contributed by atoms with Crippen LogP contribution in [0.1, 0.15) is 38.7 Å². The van der Waals surface area contributed by atoms with Gasteiger partial charge in [-0.05, 0) is 68.6 Å². The van der Waals surface area contributed by atoms with Gasteiger partial charge in [0.1, 0.15) is 0 Å². The van der Waals surface area contributed by atoms with Gasteiger partial charge in [-0.25, -0.2) is 0 Å². The molecule has 1 unspecified atom stereocenters. The lowest BCUT2D eigenvalue weighted by Crippen LogP contribution is -2.31. The molecule has 25 heavy (non-hydrogen) atoms. The molecular weight excluding hydrogens is 357 g/mol. The Morgan fingerprint density at radius 1 is 1.24 bits per heavy atom. The molecular formula is C19H31Cl2N3O. The summed E-state index contributed by atoms with van der Waals surface area (Å²) >= 11 is 0. The summed E-state index contributed by atoms with van der Waals surface area (Å²) in [6.45, 7) is 9.51. The van der Waals surface area contributed by atoms with Crippen molar-refractivity contribution in [2.45, 2.75) is 39.7 Å². The molecule has 1 aliphatic heterocycles. The number of hydrogen-bond acceptors (Lipinski definition) is 3. The number of nitrogens with one attached hydrogen (secondary N) is 2. The second-order valence-electron chi connectivity index (χ2n) is 7.02. The van der Waals surface area contributed by atoms with Crippen LogP contribution in [0.25, 0.3) is 0 Å². The Morgan fingerprint density at radius 2 is 1.92 bits per heavy atom. The molecule has 3 rings (SSSR count). The minimum absolute atomic E-state index is 0. The fourth-order valence-electron chi connectivity index (χ4n) is 3.88. The van der Waals surface area contributed by atoms with E-state index in [0.717, 1.165) is 57.7 Å². The van der Waals surface area contributed by atoms with Crippen LogP contribution in [0, 0.1) is 11.3 Å². The maximum absolute atomic E-state index is 12.6. The van der Waals surface area contributed by atoms with Gasteiger partial charge < -0.3 is 10.6 Å². The van der Waals surface area contributed by atoms with Crippen LogP contribution in [0.2, 0.25) is 0 Å². The average Bonchev–Trinajstić information content (AvgIpc) is 3.27. The van der Waals surface area contributed by atoms with Gasteiger partial charge in [0, 0.05) is 18.2 Å². The van der Waals surface area contributed by atoms with Crippen molar-refractivity contribution in [3.63, 3.8) is 0 Å². The van der Waals surface area contributed by atoms with Gasteiger partial charge in [0.2, 0.25) is 5.91 Å². The molecule has 1 aromatic carbocycles. The molecule has 1 atom stereocenters. The Bertz CT molecular complexity index is 557. The Morgan fingerprint density at radius 3 is 2.56 bits per heavy atom. The lowest BCUT2D eigenvalue weighted by molar-refractivity contribution is -0.118. The van der Waals surface area contributed by atoms with E-state index >= 15 is 0 Å². The zero-order valence-corrected chi connectivity index (χ0v) is 16.8. The first kappa shape index (κ1) is 22.2. The van der Waals surface area contributed by atoms with E-state index in [4.69, 9.17) is 0 Å². The van der Waals surface area contributed by atoms with Crippen molar-refractivity contribution < 1.29 is 4.79 Å². The molecule has 2 N–H and O–H groups in total. The smallest absolute Gasteiger partial charge is 0.228 e. The van der Waals surface area contributed by atoms with Crippen molar-refractivity contribution in [1.82, 2.24) is 10.2 Å². The van der Waals surface area contributed by atoms with Gasteiger partial charge >= 0.3 is 0 Å². The topological polar surface area (TPSA) is 44.4 Å². The summed E-state index contributed by atoms with van der Waals surface area (Å²) in [6, 6.07) is 8.30. The predicted octanol–water partition coefficient (Wildman–Crippen LogP) is 3.70. The van der Waals surface area contributed by atoms with E-state index in [1.807, 2.05) is 12.1 Å². The van der Waals surface area contributed by atoms with Crippen LogP contribution in [-0.4, -0.2) is 37.0 Å². The summed E-state index contributed by atoms with van der Waals surface area (Å²) in [4.78, 5) is 14.9. The monoisotopic (exact) mass is 387 g/mol. The number of rotatable bonds is 6. The number of carbonyl (C=O) groups excluding carboxylic acids is 1. The van der Waals surface area contributed by atoms with E-state index in [9.17, 15) is 4.79 Å². The van der Waals surface area contributed by atoms with Crippen molar-refractivity contribution in [1.29, 1.82) is 0 Å². The van der Waals surface area contributed by atoms with Crippen molar-refractivity contribution >= 4 is 36.4 Å². The van der Waals surface area contributed by atoms with Gasteiger partial charge in [-0.2, -0.15) is 0 Å². The van der Waals surface area contributed by atoms with E-state index < -0.39 is 0 Å². The molecule has 4 nitrogen and oxygen atoms in total. The molecule has 6 heteroatoms. The molecule has 1 heterocycles. The van der Waals surface area contributed by atoms with Crippen LogP contribution in [0.3, 0.4) is 0 Å². The molecule has 0 radical (unpaired) electrons. The Balaban J connectivity index is 0.00000156. The van der Waals surface area contributed by atoms with Gasteiger partial charge in [0.15, 0.2) is 0 Å². The molecule has 2 fully saturated rings. The highest BCUT2D eigenvalue weighted by Crippen LogP contribution is 2.58. The van der Waals surface area contributed by atoms with Crippen LogP contribution >= 0.6 is 24.8 Å². The number of halogens is 2. The number of amides is 1. The summed E-state index contributed by atoms with van der Waals surface area (Å²) in [6.07, 6.45) is 3.36. The number of carbonyl (C=O) groups is 1. The van der Waals surface area contributed by atoms with Crippen LogP contribution in [0.5, 0.6) is 0 Å². The van der Waals surface area contributed by atoms with E-state index in [1.54, 1.807) is 0 Å². The third-order valence-corrected chi connectivity index (χ3v) is 5.60. The SMILES string of the molecule is CCN(CC)Cc1cccc(NC(=O)C2CC23CCNCC3)c1.Cl.Cl. The van der Waals surface area contributed by atoms with Crippen molar-refractivity contribution in [3.8, 4) is 0 Å². The van der Waals surface area contributed by atoms with Crippen LogP contribution < -0.4 is 10.6 Å². The molecule has 1 aliphatic carbocycles. The van der Waals surface area contributed by atoms with Crippen molar-refractivity contribution in [2.24, 2.45) is 11.3 Å². The fraction of sp³-hybridized carbons (Fsp3) is 0.632. The first-order valence-electron chi connectivity index (χ1n) is 9.00. The third-order valence-electron chi connectivity index (χ3n) is 5.60. The Kier molecular flexibility index (Phi) is 8.69. The summed E-state index contributed by atoms with van der Waals surface area (Å²) in [5, 5.41) is 6.54. The standard InChI is InChI=1S/C19H29N3O.2ClH/c1-3-22(4-2)14-15-6-5-7-16(12-15)21-18(23)17-13-19(17)8-10-20-11-9-19;;/h5-7,12,17,20H,3-4,8-11,13-14H2,1-2H3,(H,21,23);2*1H. The molecule has 142 valence electrons. The molecule has 1 aromatic rings. The lowest BCUT2D eigenvalue weighted by atomic mass is 9.92. The van der Waals surface area contributed by atoms with Crippen LogP contribution in [-0.2, 0) is 11.3 Å². The highest BCUT2D eigenvalue weighted by molar-refractivity contribution is 5.95. The first-order valence-corrected chi connectivity index (χ1v) is 9.00. The zero-order chi connectivity index (χ0) is 16.3. The van der Waals surface area contributed by atoms with E-state index in [0.29, 0.717) is 5.41 Å². The largest absolute Gasteiger partial charge is 0.326 e. The van der Waals surface area contributed by atoms with Gasteiger partial charge in [-0.15, -0.1) is 24.8 Å². The van der Waals surface area contributed by atoms with Gasteiger partial charge in [0.25, 0.3) is 0 Å². The highest BCUT2D eigenvalue weighted by Gasteiger charge is 2.57. The molecule has 1 saturated heterocycles. The van der Waals surface area contributed by atoms with Gasteiger partial charge in [-0.3, -0.25) is 9.69 Å². The summed E-state index contributed by atoms with van der Waals surface area (Å²) in [5.74, 6) is 0.433. The number of anilines is 1. The minimum Gasteiger partial charge on any atom is -0.326 e. The predicted molar refractivity (Wildman–Crippen MR) is 109 cm³/mol. The number of piperidine rings is 1. The Hall–Kier alpha value is -0.810. The first-order chi connectivity index (χ1) is 11.2. The molecule has 1 saturated carbocycles. The molecule has 0 bridgehead atoms. The molecule has 1 amide bonds. The van der Waals surface area contributed by atoms with Crippen molar-refractivity contribution in [3.05, 3.63) is 29.8 Å². The second kappa shape index (κ2) is 9.77. The quantitative estimate of drug-likeness (QED) is 0.781. The molecule has 2 aliphatic rings. The maximum Gasteiger partial charge on any atom is 0.228 e. The van der Waals surface area contributed by atoms with Crippen LogP contribution in [0.4, 0.5) is 5.69 Å². The minimum atomic E-state index is 0. The van der Waals surface area contributed by atoms with Gasteiger partial charge in [0.05, 0.1) is 0 Å². The number of hydrogen-bond donors (Lipinski definition) is 2. The van der Waals surface area contributed by atoms with E-state index in [1.165, 1.54) is 5.56 Å². The average molecular weight is 388 g/mol. The maximum atomic E-state index is 12.6. The summed E-state index contributed by atoms with van der Waals surface area (Å²) in [5.41, 5.74) is 2.50. The third kappa shape index (κ3) is 5.33. The molecule has 0 aromatic heterocycles. The van der Waals surface area contributed by atoms with Crippen LogP contribution in [0.15, 0.2) is 24.3 Å². The van der Waals surface area contributed by atoms with E-state index in [-0.39, 0.29) is 36.6 Å². The summed E-state index contributed by atoms with van der Waals surface area (Å²) < 4.78 is 0. The fourth-order valence-corrected chi connectivity index (χ4v) is 3.88. The Labute approximate surface area is 163 Å². The highest BCUT2D eigenvalue weighted by atomic mass is 35.5.